The maximum Gasteiger partial charge on any atom is 0.105 e. The normalized spacial score (nSPS) is 21.6. The van der Waals surface area contributed by atoms with Crippen molar-refractivity contribution in [2.45, 2.75) is 45.3 Å². The average Bonchev–Trinajstić information content (AvgIpc) is 2.12. The summed E-state index contributed by atoms with van der Waals surface area (Å²) in [6.45, 7) is 10.1. The lowest BCUT2D eigenvalue weighted by Gasteiger charge is -2.37. The molecule has 1 aliphatic heterocycles. The molecule has 0 aromatic rings. The van der Waals surface area contributed by atoms with E-state index in [1.54, 1.807) is 0 Å². The largest absolute Gasteiger partial charge is 0.376 e. The van der Waals surface area contributed by atoms with E-state index < -0.39 is 0 Å². The fraction of sp³-hybridized carbons (Fsp3) is 1.00. The van der Waals surface area contributed by atoms with Crippen LogP contribution in [0.15, 0.2) is 0 Å². The Hall–Kier alpha value is -0.120. The molecule has 0 radical (unpaired) electrons. The Balaban J connectivity index is 2.23. The van der Waals surface area contributed by atoms with Crippen LogP contribution in [-0.2, 0) is 9.47 Å². The van der Waals surface area contributed by atoms with Gasteiger partial charge >= 0.3 is 0 Å². The second-order valence-corrected chi connectivity index (χ2v) is 4.26. The molecule has 1 N–H and O–H groups in total. The van der Waals surface area contributed by atoms with Gasteiger partial charge in [0.25, 0.3) is 0 Å². The highest BCUT2D eigenvalue weighted by Crippen LogP contribution is 2.20. The Morgan fingerprint density at radius 2 is 2.14 bits per heavy atom. The van der Waals surface area contributed by atoms with E-state index in [0.29, 0.717) is 6.10 Å². The van der Waals surface area contributed by atoms with Crippen molar-refractivity contribution in [2.24, 2.45) is 0 Å². The maximum absolute atomic E-state index is 5.98. The highest BCUT2D eigenvalue weighted by molar-refractivity contribution is 4.80. The first kappa shape index (κ1) is 12.0. The molecule has 1 unspecified atom stereocenters. The lowest BCUT2D eigenvalue weighted by atomic mass is 10.0. The summed E-state index contributed by atoms with van der Waals surface area (Å²) in [5, 5.41) is 3.41. The Labute approximate surface area is 87.2 Å². The number of ether oxygens (including phenoxy) is 2. The molecule has 3 heteroatoms. The van der Waals surface area contributed by atoms with Gasteiger partial charge in [-0.05, 0) is 26.3 Å². The molecule has 0 bridgehead atoms. The van der Waals surface area contributed by atoms with Gasteiger partial charge in [0.15, 0.2) is 0 Å². The molecule has 14 heavy (non-hydrogen) atoms. The molecule has 0 aromatic carbocycles. The third-order valence-electron chi connectivity index (χ3n) is 2.73. The molecule has 1 fully saturated rings. The summed E-state index contributed by atoms with van der Waals surface area (Å²) in [6, 6.07) is 0. The first-order chi connectivity index (χ1) is 6.70. The first-order valence-electron chi connectivity index (χ1n) is 5.66. The predicted octanol–water partition coefficient (Wildman–Crippen LogP) is 1.57. The Morgan fingerprint density at radius 3 is 2.57 bits per heavy atom. The van der Waals surface area contributed by atoms with Crippen molar-refractivity contribution in [1.29, 1.82) is 0 Å². The van der Waals surface area contributed by atoms with E-state index in [1.165, 1.54) is 6.42 Å². The summed E-state index contributed by atoms with van der Waals surface area (Å²) >= 11 is 0. The standard InChI is InChI=1S/C11H23NO2/c1-4-6-12-9-11(3,5-2)14-10-7-13-8-10/h10,12H,4-9H2,1-3H3. The third kappa shape index (κ3) is 3.56. The van der Waals surface area contributed by atoms with Crippen LogP contribution in [0.25, 0.3) is 0 Å². The smallest absolute Gasteiger partial charge is 0.105 e. The van der Waals surface area contributed by atoms with Gasteiger partial charge in [0.05, 0.1) is 18.8 Å². The minimum atomic E-state index is -0.0242. The molecular formula is C11H23NO2. The van der Waals surface area contributed by atoms with Crippen molar-refractivity contribution in [2.75, 3.05) is 26.3 Å². The zero-order chi connectivity index (χ0) is 10.4. The van der Waals surface area contributed by atoms with Crippen LogP contribution in [0.4, 0.5) is 0 Å². The van der Waals surface area contributed by atoms with Crippen LogP contribution in [0.3, 0.4) is 0 Å². The van der Waals surface area contributed by atoms with Gasteiger partial charge in [-0.1, -0.05) is 13.8 Å². The zero-order valence-corrected chi connectivity index (χ0v) is 9.64. The lowest BCUT2D eigenvalue weighted by molar-refractivity contribution is -0.187. The minimum absolute atomic E-state index is 0.0242. The van der Waals surface area contributed by atoms with Crippen LogP contribution >= 0.6 is 0 Å². The molecular weight excluding hydrogens is 178 g/mol. The van der Waals surface area contributed by atoms with E-state index in [-0.39, 0.29) is 5.60 Å². The van der Waals surface area contributed by atoms with E-state index >= 15 is 0 Å². The molecule has 0 amide bonds. The van der Waals surface area contributed by atoms with Gasteiger partial charge in [0.1, 0.15) is 6.10 Å². The average molecular weight is 201 g/mol. The molecule has 0 saturated carbocycles. The predicted molar refractivity (Wildman–Crippen MR) is 57.5 cm³/mol. The zero-order valence-electron chi connectivity index (χ0n) is 9.64. The van der Waals surface area contributed by atoms with Crippen LogP contribution in [0.5, 0.6) is 0 Å². The lowest BCUT2D eigenvalue weighted by Crippen LogP contribution is -2.48. The molecule has 0 aromatic heterocycles. The van der Waals surface area contributed by atoms with E-state index in [1.807, 2.05) is 0 Å². The summed E-state index contributed by atoms with van der Waals surface area (Å²) in [4.78, 5) is 0. The van der Waals surface area contributed by atoms with Crippen molar-refractivity contribution in [3.63, 3.8) is 0 Å². The summed E-state index contributed by atoms with van der Waals surface area (Å²) < 4.78 is 11.1. The minimum Gasteiger partial charge on any atom is -0.376 e. The molecule has 1 saturated heterocycles. The van der Waals surface area contributed by atoms with E-state index in [4.69, 9.17) is 9.47 Å². The maximum atomic E-state index is 5.98. The highest BCUT2D eigenvalue weighted by Gasteiger charge is 2.30. The number of rotatable bonds is 7. The Morgan fingerprint density at radius 1 is 1.43 bits per heavy atom. The summed E-state index contributed by atoms with van der Waals surface area (Å²) in [5.41, 5.74) is -0.0242. The second-order valence-electron chi connectivity index (χ2n) is 4.26. The topological polar surface area (TPSA) is 30.5 Å². The van der Waals surface area contributed by atoms with Crippen LogP contribution in [-0.4, -0.2) is 38.0 Å². The monoisotopic (exact) mass is 201 g/mol. The van der Waals surface area contributed by atoms with Crippen molar-refractivity contribution in [1.82, 2.24) is 5.32 Å². The second kappa shape index (κ2) is 5.69. The highest BCUT2D eigenvalue weighted by atomic mass is 16.6. The van der Waals surface area contributed by atoms with E-state index in [0.717, 1.165) is 32.7 Å². The van der Waals surface area contributed by atoms with Gasteiger partial charge in [0.2, 0.25) is 0 Å². The van der Waals surface area contributed by atoms with E-state index in [2.05, 4.69) is 26.1 Å². The van der Waals surface area contributed by atoms with E-state index in [9.17, 15) is 0 Å². The van der Waals surface area contributed by atoms with Crippen LogP contribution in [0, 0.1) is 0 Å². The molecule has 0 spiro atoms. The van der Waals surface area contributed by atoms with Crippen LogP contribution in [0.2, 0.25) is 0 Å². The van der Waals surface area contributed by atoms with Gasteiger partial charge in [-0.25, -0.2) is 0 Å². The number of hydrogen-bond acceptors (Lipinski definition) is 3. The van der Waals surface area contributed by atoms with Gasteiger partial charge in [-0.2, -0.15) is 0 Å². The third-order valence-corrected chi connectivity index (χ3v) is 2.73. The quantitative estimate of drug-likeness (QED) is 0.634. The first-order valence-corrected chi connectivity index (χ1v) is 5.66. The molecule has 3 nitrogen and oxygen atoms in total. The molecule has 0 aliphatic carbocycles. The van der Waals surface area contributed by atoms with Gasteiger partial charge in [-0.3, -0.25) is 0 Å². The fourth-order valence-electron chi connectivity index (χ4n) is 1.46. The van der Waals surface area contributed by atoms with Crippen LogP contribution < -0.4 is 5.32 Å². The summed E-state index contributed by atoms with van der Waals surface area (Å²) in [6.07, 6.45) is 2.54. The summed E-state index contributed by atoms with van der Waals surface area (Å²) in [5.74, 6) is 0. The molecule has 1 aliphatic rings. The van der Waals surface area contributed by atoms with Gasteiger partial charge in [-0.15, -0.1) is 0 Å². The van der Waals surface area contributed by atoms with Crippen molar-refractivity contribution in [3.8, 4) is 0 Å². The van der Waals surface area contributed by atoms with Gasteiger partial charge < -0.3 is 14.8 Å². The number of nitrogens with one attached hydrogen (secondary N) is 1. The molecule has 1 rings (SSSR count). The Bertz CT molecular complexity index is 159. The Kier molecular flexibility index (Phi) is 4.85. The van der Waals surface area contributed by atoms with Gasteiger partial charge in [0, 0.05) is 6.54 Å². The SMILES string of the molecule is CCCNCC(C)(CC)OC1COC1. The molecule has 84 valence electrons. The van der Waals surface area contributed by atoms with Crippen LogP contribution in [0.1, 0.15) is 33.6 Å². The summed E-state index contributed by atoms with van der Waals surface area (Å²) in [7, 11) is 0. The van der Waals surface area contributed by atoms with Crippen molar-refractivity contribution in [3.05, 3.63) is 0 Å². The molecule has 1 atom stereocenters. The molecule has 1 heterocycles. The van der Waals surface area contributed by atoms with Crippen molar-refractivity contribution >= 4 is 0 Å². The fourth-order valence-corrected chi connectivity index (χ4v) is 1.46. The van der Waals surface area contributed by atoms with Crippen molar-refractivity contribution < 1.29 is 9.47 Å². The number of hydrogen-bond donors (Lipinski definition) is 1.